The smallest absolute Gasteiger partial charge is 0.129 e. The molecular weight excluding hydrogens is 150 g/mol. The normalized spacial score (nSPS) is 10.8. The van der Waals surface area contributed by atoms with Crippen LogP contribution in [0.1, 0.15) is 46.5 Å². The summed E-state index contributed by atoms with van der Waals surface area (Å²) in [7, 11) is 0. The van der Waals surface area contributed by atoms with E-state index >= 15 is 0 Å². The van der Waals surface area contributed by atoms with Gasteiger partial charge in [0.1, 0.15) is 5.78 Å². The number of hydrogen-bond acceptors (Lipinski definition) is 2. The van der Waals surface area contributed by atoms with Crippen molar-refractivity contribution in [3.63, 3.8) is 0 Å². The number of rotatable bonds is 5. The van der Waals surface area contributed by atoms with E-state index in [1.54, 1.807) is 6.92 Å². The summed E-state index contributed by atoms with van der Waals surface area (Å²) in [6.07, 6.45) is 3.00. The zero-order valence-corrected chi connectivity index (χ0v) is 8.18. The molecule has 68 valence electrons. The van der Waals surface area contributed by atoms with Gasteiger partial charge in [-0.05, 0) is 25.2 Å². The Morgan fingerprint density at radius 2 is 2.00 bits per heavy atom. The molecular formula is C10H17NO. The lowest BCUT2D eigenvalue weighted by atomic mass is 9.83. The van der Waals surface area contributed by atoms with Crippen LogP contribution in [0.15, 0.2) is 0 Å². The third-order valence-electron chi connectivity index (χ3n) is 2.07. The van der Waals surface area contributed by atoms with Crippen LogP contribution in [0.4, 0.5) is 0 Å². The molecule has 0 heterocycles. The van der Waals surface area contributed by atoms with Gasteiger partial charge in [-0.3, -0.25) is 0 Å². The number of nitriles is 1. The van der Waals surface area contributed by atoms with Crippen molar-refractivity contribution in [2.45, 2.75) is 46.5 Å². The summed E-state index contributed by atoms with van der Waals surface area (Å²) in [6, 6.07) is 2.13. The number of nitrogens with zero attached hydrogens (tertiary/aromatic N) is 1. The zero-order chi connectivity index (χ0) is 9.61. The second-order valence-electron chi connectivity index (χ2n) is 4.02. The minimum Gasteiger partial charge on any atom is -0.300 e. The molecule has 0 aliphatic carbocycles. The van der Waals surface area contributed by atoms with Gasteiger partial charge in [-0.2, -0.15) is 5.26 Å². The molecule has 0 N–H and O–H groups in total. The van der Waals surface area contributed by atoms with E-state index in [1.807, 2.05) is 0 Å². The van der Waals surface area contributed by atoms with Crippen LogP contribution in [-0.2, 0) is 4.79 Å². The largest absolute Gasteiger partial charge is 0.300 e. The average Bonchev–Trinajstić information content (AvgIpc) is 1.98. The predicted octanol–water partition coefficient (Wildman–Crippen LogP) is 2.69. The van der Waals surface area contributed by atoms with Crippen LogP contribution in [-0.4, -0.2) is 5.78 Å². The molecule has 0 spiro atoms. The fourth-order valence-corrected chi connectivity index (χ4v) is 1.03. The maximum absolute atomic E-state index is 10.7. The van der Waals surface area contributed by atoms with Crippen LogP contribution < -0.4 is 0 Å². The standard InChI is InChI=1S/C10H17NO/c1-9(12)5-7-10(2,3)6-4-8-11/h4-7H2,1-3H3. The molecule has 0 fully saturated rings. The van der Waals surface area contributed by atoms with E-state index in [4.69, 9.17) is 5.26 Å². The Hall–Kier alpha value is -0.840. The molecule has 0 atom stereocenters. The molecule has 0 rings (SSSR count). The predicted molar refractivity (Wildman–Crippen MR) is 48.5 cm³/mol. The van der Waals surface area contributed by atoms with E-state index in [0.717, 1.165) is 12.8 Å². The Morgan fingerprint density at radius 3 is 2.42 bits per heavy atom. The van der Waals surface area contributed by atoms with Gasteiger partial charge in [0.2, 0.25) is 0 Å². The quantitative estimate of drug-likeness (QED) is 0.631. The van der Waals surface area contributed by atoms with Crippen LogP contribution in [0.25, 0.3) is 0 Å². The van der Waals surface area contributed by atoms with Crippen LogP contribution >= 0.6 is 0 Å². The monoisotopic (exact) mass is 167 g/mol. The molecule has 0 amide bonds. The molecule has 0 bridgehead atoms. The van der Waals surface area contributed by atoms with Gasteiger partial charge in [-0.25, -0.2) is 0 Å². The molecule has 0 aromatic rings. The molecule has 2 heteroatoms. The van der Waals surface area contributed by atoms with Crippen LogP contribution in [0, 0.1) is 16.7 Å². The summed E-state index contributed by atoms with van der Waals surface area (Å²) < 4.78 is 0. The van der Waals surface area contributed by atoms with E-state index in [0.29, 0.717) is 12.8 Å². The van der Waals surface area contributed by atoms with E-state index in [2.05, 4.69) is 19.9 Å². The number of hydrogen-bond donors (Lipinski definition) is 0. The molecule has 0 saturated carbocycles. The lowest BCUT2D eigenvalue weighted by molar-refractivity contribution is -0.117. The van der Waals surface area contributed by atoms with Gasteiger partial charge >= 0.3 is 0 Å². The number of carbonyl (C=O) groups excluding carboxylic acids is 1. The summed E-state index contributed by atoms with van der Waals surface area (Å²) in [4.78, 5) is 10.7. The van der Waals surface area contributed by atoms with E-state index in [-0.39, 0.29) is 11.2 Å². The highest BCUT2D eigenvalue weighted by Crippen LogP contribution is 2.27. The highest BCUT2D eigenvalue weighted by molar-refractivity contribution is 5.75. The van der Waals surface area contributed by atoms with Gasteiger partial charge in [0.15, 0.2) is 0 Å². The second-order valence-corrected chi connectivity index (χ2v) is 4.02. The molecule has 0 aliphatic rings. The number of ketones is 1. The lowest BCUT2D eigenvalue weighted by Gasteiger charge is -2.22. The number of Topliss-reactive ketones (excluding diaryl/α,β-unsaturated/α-hetero) is 1. The minimum absolute atomic E-state index is 0.140. The highest BCUT2D eigenvalue weighted by Gasteiger charge is 2.17. The van der Waals surface area contributed by atoms with E-state index in [9.17, 15) is 4.79 Å². The highest BCUT2D eigenvalue weighted by atomic mass is 16.1. The van der Waals surface area contributed by atoms with Crippen molar-refractivity contribution in [2.75, 3.05) is 0 Å². The first-order chi connectivity index (χ1) is 5.48. The van der Waals surface area contributed by atoms with Gasteiger partial charge < -0.3 is 4.79 Å². The van der Waals surface area contributed by atoms with Crippen molar-refractivity contribution in [3.8, 4) is 6.07 Å². The molecule has 0 aromatic carbocycles. The van der Waals surface area contributed by atoms with Crippen molar-refractivity contribution in [1.82, 2.24) is 0 Å². The maximum atomic E-state index is 10.7. The lowest BCUT2D eigenvalue weighted by Crippen LogP contribution is -2.12. The average molecular weight is 167 g/mol. The van der Waals surface area contributed by atoms with Crippen molar-refractivity contribution >= 4 is 5.78 Å². The molecule has 0 aromatic heterocycles. The summed E-state index contributed by atoms with van der Waals surface area (Å²) in [5.74, 6) is 0.236. The first-order valence-corrected chi connectivity index (χ1v) is 4.34. The van der Waals surface area contributed by atoms with E-state index in [1.165, 1.54) is 0 Å². The molecule has 2 nitrogen and oxygen atoms in total. The third-order valence-corrected chi connectivity index (χ3v) is 2.07. The van der Waals surface area contributed by atoms with Gasteiger partial charge in [-0.1, -0.05) is 13.8 Å². The van der Waals surface area contributed by atoms with Crippen LogP contribution in [0.3, 0.4) is 0 Å². The SMILES string of the molecule is CC(=O)CCC(C)(C)CCC#N. The van der Waals surface area contributed by atoms with Crippen molar-refractivity contribution in [2.24, 2.45) is 5.41 Å². The Bertz CT molecular complexity index is 189. The third kappa shape index (κ3) is 5.91. The first-order valence-electron chi connectivity index (χ1n) is 4.34. The minimum atomic E-state index is 0.140. The summed E-state index contributed by atoms with van der Waals surface area (Å²) in [5.41, 5.74) is 0.140. The summed E-state index contributed by atoms with van der Waals surface area (Å²) >= 11 is 0. The Balaban J connectivity index is 3.72. The summed E-state index contributed by atoms with van der Waals surface area (Å²) in [5, 5.41) is 8.39. The van der Waals surface area contributed by atoms with Gasteiger partial charge in [-0.15, -0.1) is 0 Å². The molecule has 12 heavy (non-hydrogen) atoms. The Kier molecular flexibility index (Phi) is 4.58. The Morgan fingerprint density at radius 1 is 1.42 bits per heavy atom. The van der Waals surface area contributed by atoms with Crippen molar-refractivity contribution < 1.29 is 4.79 Å². The summed E-state index contributed by atoms with van der Waals surface area (Å²) in [6.45, 7) is 5.82. The molecule has 0 radical (unpaired) electrons. The van der Waals surface area contributed by atoms with Crippen LogP contribution in [0.5, 0.6) is 0 Å². The van der Waals surface area contributed by atoms with Crippen molar-refractivity contribution in [3.05, 3.63) is 0 Å². The maximum Gasteiger partial charge on any atom is 0.129 e. The topological polar surface area (TPSA) is 40.9 Å². The number of carbonyl (C=O) groups is 1. The fraction of sp³-hybridized carbons (Fsp3) is 0.800. The Labute approximate surface area is 74.6 Å². The molecule has 0 unspecified atom stereocenters. The van der Waals surface area contributed by atoms with Crippen LogP contribution in [0.2, 0.25) is 0 Å². The van der Waals surface area contributed by atoms with Gasteiger partial charge in [0.25, 0.3) is 0 Å². The molecule has 0 aliphatic heterocycles. The van der Waals surface area contributed by atoms with Gasteiger partial charge in [0, 0.05) is 12.8 Å². The fourth-order valence-electron chi connectivity index (χ4n) is 1.03. The van der Waals surface area contributed by atoms with Gasteiger partial charge in [0.05, 0.1) is 6.07 Å². The first kappa shape index (κ1) is 11.2. The second kappa shape index (κ2) is 4.92. The van der Waals surface area contributed by atoms with E-state index < -0.39 is 0 Å². The van der Waals surface area contributed by atoms with Crippen molar-refractivity contribution in [1.29, 1.82) is 5.26 Å². The molecule has 0 saturated heterocycles. The zero-order valence-electron chi connectivity index (χ0n) is 8.18.